The molecular formula is C21H22N2O7. The molecule has 1 amide bonds. The molecule has 1 aliphatic rings. The van der Waals surface area contributed by atoms with Crippen molar-refractivity contribution in [2.45, 2.75) is 30.7 Å². The van der Waals surface area contributed by atoms with Crippen LogP contribution in [0.3, 0.4) is 0 Å². The monoisotopic (exact) mass is 414 g/mol. The summed E-state index contributed by atoms with van der Waals surface area (Å²) in [6.45, 7) is -0.587. The van der Waals surface area contributed by atoms with E-state index in [2.05, 4.69) is 5.32 Å². The molecule has 2 aromatic rings. The molecule has 9 heteroatoms. The highest BCUT2D eigenvalue weighted by molar-refractivity contribution is 5.95. The average molecular weight is 414 g/mol. The number of aliphatic hydroxyl groups is 4. The van der Waals surface area contributed by atoms with E-state index in [-0.39, 0.29) is 17.2 Å². The van der Waals surface area contributed by atoms with E-state index in [4.69, 9.17) is 9.47 Å². The molecule has 5 atom stereocenters. The minimum atomic E-state index is -1.59. The number of carbonyl (C=O) groups is 1. The first kappa shape index (κ1) is 21.7. The summed E-state index contributed by atoms with van der Waals surface area (Å²) in [7, 11) is 1.54. The molecule has 30 heavy (non-hydrogen) atoms. The standard InChI is InChI=1S/C21H22N2O7/c1-23-20(28)13-4-2-3-11(7-13)12-5-6-15(14(8-12)9-22)29-21-19(27)18(26)17(25)16(10-24)30-21/h2-8,16-19,21,24-27H,10H2,1H3,(H,23,28). The summed E-state index contributed by atoms with van der Waals surface area (Å²) in [6, 6.07) is 13.6. The summed E-state index contributed by atoms with van der Waals surface area (Å²) in [6.07, 6.45) is -7.19. The number of nitrogens with one attached hydrogen (secondary N) is 1. The second-order valence-electron chi connectivity index (χ2n) is 6.80. The van der Waals surface area contributed by atoms with E-state index in [1.807, 2.05) is 6.07 Å². The van der Waals surface area contributed by atoms with Crippen molar-refractivity contribution in [2.24, 2.45) is 0 Å². The van der Waals surface area contributed by atoms with Gasteiger partial charge in [-0.1, -0.05) is 18.2 Å². The molecule has 9 nitrogen and oxygen atoms in total. The molecule has 2 aromatic carbocycles. The Labute approximate surface area is 172 Å². The summed E-state index contributed by atoms with van der Waals surface area (Å²) >= 11 is 0. The number of hydrogen-bond acceptors (Lipinski definition) is 8. The van der Waals surface area contributed by atoms with Crippen molar-refractivity contribution in [1.82, 2.24) is 5.32 Å². The molecule has 0 radical (unpaired) electrons. The third kappa shape index (κ3) is 4.28. The van der Waals surface area contributed by atoms with Crippen molar-refractivity contribution in [2.75, 3.05) is 13.7 Å². The average Bonchev–Trinajstić information content (AvgIpc) is 2.79. The van der Waals surface area contributed by atoms with Crippen LogP contribution in [0, 0.1) is 11.3 Å². The van der Waals surface area contributed by atoms with Gasteiger partial charge in [0.1, 0.15) is 36.2 Å². The maximum Gasteiger partial charge on any atom is 0.251 e. The summed E-state index contributed by atoms with van der Waals surface area (Å²) in [4.78, 5) is 11.9. The van der Waals surface area contributed by atoms with Crippen molar-refractivity contribution < 1.29 is 34.7 Å². The van der Waals surface area contributed by atoms with Gasteiger partial charge in [0.05, 0.1) is 12.2 Å². The van der Waals surface area contributed by atoms with Crippen molar-refractivity contribution in [3.05, 3.63) is 53.6 Å². The van der Waals surface area contributed by atoms with Gasteiger partial charge in [0.25, 0.3) is 5.91 Å². The third-order valence-corrected chi connectivity index (χ3v) is 4.88. The summed E-state index contributed by atoms with van der Waals surface area (Å²) in [5.74, 6) is -0.145. The quantitative estimate of drug-likeness (QED) is 0.450. The van der Waals surface area contributed by atoms with E-state index in [1.165, 1.54) is 13.1 Å². The molecule has 0 aromatic heterocycles. The van der Waals surface area contributed by atoms with Gasteiger partial charge in [-0.05, 0) is 35.4 Å². The predicted molar refractivity (Wildman–Crippen MR) is 104 cm³/mol. The second-order valence-corrected chi connectivity index (χ2v) is 6.80. The van der Waals surface area contributed by atoms with Gasteiger partial charge in [0.15, 0.2) is 0 Å². The van der Waals surface area contributed by atoms with Crippen LogP contribution >= 0.6 is 0 Å². The largest absolute Gasteiger partial charge is 0.461 e. The lowest BCUT2D eigenvalue weighted by molar-refractivity contribution is -0.277. The van der Waals surface area contributed by atoms with E-state index in [1.54, 1.807) is 36.4 Å². The second kappa shape index (κ2) is 9.21. The lowest BCUT2D eigenvalue weighted by atomic mass is 9.99. The third-order valence-electron chi connectivity index (χ3n) is 4.88. The van der Waals surface area contributed by atoms with Gasteiger partial charge in [0, 0.05) is 12.6 Å². The molecule has 1 saturated heterocycles. The molecule has 5 N–H and O–H groups in total. The smallest absolute Gasteiger partial charge is 0.251 e. The number of aliphatic hydroxyl groups excluding tert-OH is 4. The van der Waals surface area contributed by atoms with E-state index < -0.39 is 37.3 Å². The van der Waals surface area contributed by atoms with Crippen molar-refractivity contribution in [3.8, 4) is 22.9 Å². The SMILES string of the molecule is CNC(=O)c1cccc(-c2ccc(OC3OC(CO)C(O)C(O)C3O)c(C#N)c2)c1. The van der Waals surface area contributed by atoms with E-state index in [9.17, 15) is 30.5 Å². The zero-order valence-electron chi connectivity index (χ0n) is 16.1. The molecule has 0 saturated carbocycles. The van der Waals surface area contributed by atoms with Gasteiger partial charge in [-0.25, -0.2) is 0 Å². The topological polar surface area (TPSA) is 152 Å². The Hall–Kier alpha value is -3.00. The molecule has 1 fully saturated rings. The molecule has 0 spiro atoms. The first-order valence-corrected chi connectivity index (χ1v) is 9.23. The molecule has 1 heterocycles. The Kier molecular flexibility index (Phi) is 6.66. The van der Waals surface area contributed by atoms with Crippen LogP contribution in [0.2, 0.25) is 0 Å². The highest BCUT2D eigenvalue weighted by Crippen LogP contribution is 2.30. The maximum atomic E-state index is 11.9. The summed E-state index contributed by atoms with van der Waals surface area (Å²) < 4.78 is 10.9. The van der Waals surface area contributed by atoms with Crippen LogP contribution in [0.5, 0.6) is 5.75 Å². The van der Waals surface area contributed by atoms with Gasteiger partial charge in [-0.15, -0.1) is 0 Å². The molecule has 3 rings (SSSR count). The maximum absolute atomic E-state index is 11.9. The summed E-state index contributed by atoms with van der Waals surface area (Å²) in [5.41, 5.74) is 1.98. The van der Waals surface area contributed by atoms with E-state index >= 15 is 0 Å². The highest BCUT2D eigenvalue weighted by atomic mass is 16.7. The van der Waals surface area contributed by atoms with E-state index in [0.717, 1.165) is 0 Å². The number of hydrogen-bond donors (Lipinski definition) is 5. The van der Waals surface area contributed by atoms with Gasteiger partial charge < -0.3 is 35.2 Å². The molecule has 158 valence electrons. The van der Waals surface area contributed by atoms with Crippen LogP contribution in [0.15, 0.2) is 42.5 Å². The lowest BCUT2D eigenvalue weighted by Gasteiger charge is -2.39. The van der Waals surface area contributed by atoms with Gasteiger partial charge in [0.2, 0.25) is 6.29 Å². The Morgan fingerprint density at radius 2 is 1.87 bits per heavy atom. The number of amides is 1. The fourth-order valence-electron chi connectivity index (χ4n) is 3.17. The first-order valence-electron chi connectivity index (χ1n) is 9.23. The predicted octanol–water partition coefficient (Wildman–Crippen LogP) is -0.236. The Balaban J connectivity index is 1.87. The Morgan fingerprint density at radius 3 is 2.53 bits per heavy atom. The molecular weight excluding hydrogens is 392 g/mol. The number of ether oxygens (including phenoxy) is 2. The number of rotatable bonds is 5. The molecule has 5 unspecified atom stereocenters. The Bertz CT molecular complexity index is 957. The fraction of sp³-hybridized carbons (Fsp3) is 0.333. The van der Waals surface area contributed by atoms with E-state index in [0.29, 0.717) is 16.7 Å². The van der Waals surface area contributed by atoms with Crippen molar-refractivity contribution >= 4 is 5.91 Å². The van der Waals surface area contributed by atoms with Gasteiger partial charge >= 0.3 is 0 Å². The van der Waals surface area contributed by atoms with Crippen LogP contribution < -0.4 is 10.1 Å². The van der Waals surface area contributed by atoms with Crippen LogP contribution in [0.4, 0.5) is 0 Å². The van der Waals surface area contributed by atoms with Crippen molar-refractivity contribution in [1.29, 1.82) is 5.26 Å². The normalized spacial score (nSPS) is 25.9. The molecule has 1 aliphatic heterocycles. The minimum Gasteiger partial charge on any atom is -0.461 e. The number of nitrogens with zero attached hydrogens (tertiary/aromatic N) is 1. The van der Waals surface area contributed by atoms with Crippen molar-refractivity contribution in [3.63, 3.8) is 0 Å². The fourth-order valence-corrected chi connectivity index (χ4v) is 3.17. The van der Waals surface area contributed by atoms with Crippen LogP contribution in [-0.2, 0) is 4.74 Å². The molecule has 0 aliphatic carbocycles. The zero-order chi connectivity index (χ0) is 21.8. The first-order chi connectivity index (χ1) is 14.4. The van der Waals surface area contributed by atoms with Crippen LogP contribution in [0.1, 0.15) is 15.9 Å². The number of carbonyl (C=O) groups excluding carboxylic acids is 1. The van der Waals surface area contributed by atoms with Gasteiger partial charge in [-0.3, -0.25) is 4.79 Å². The van der Waals surface area contributed by atoms with Crippen LogP contribution in [-0.4, -0.2) is 70.7 Å². The highest BCUT2D eigenvalue weighted by Gasteiger charge is 2.44. The summed E-state index contributed by atoms with van der Waals surface area (Å²) in [5, 5.41) is 51.2. The minimum absolute atomic E-state index is 0.0908. The lowest BCUT2D eigenvalue weighted by Crippen LogP contribution is -2.60. The number of nitriles is 1. The van der Waals surface area contributed by atoms with Gasteiger partial charge in [-0.2, -0.15) is 5.26 Å². The Morgan fingerprint density at radius 1 is 1.13 bits per heavy atom. The van der Waals surface area contributed by atoms with Crippen LogP contribution in [0.25, 0.3) is 11.1 Å². The number of benzene rings is 2. The molecule has 0 bridgehead atoms. The zero-order valence-corrected chi connectivity index (χ0v) is 16.1.